The Morgan fingerprint density at radius 1 is 1.23 bits per heavy atom. The van der Waals surface area contributed by atoms with Crippen molar-refractivity contribution in [3.05, 3.63) is 42.0 Å². The molecule has 1 aromatic carbocycles. The number of hydrogen-bond donors (Lipinski definition) is 1. The third-order valence-electron chi connectivity index (χ3n) is 2.68. The van der Waals surface area contributed by atoms with Gasteiger partial charge in [-0.15, -0.1) is 0 Å². The number of amides is 2. The Bertz CT molecular complexity index is 518. The Balaban J connectivity index is 2.79. The molecule has 0 fully saturated rings. The van der Waals surface area contributed by atoms with Crippen LogP contribution in [0, 0.1) is 0 Å². The van der Waals surface area contributed by atoms with Gasteiger partial charge in [-0.2, -0.15) is 0 Å². The normalized spacial score (nSPS) is 11.5. The quantitative estimate of drug-likeness (QED) is 0.849. The average Bonchev–Trinajstić information content (AvgIpc) is 2.44. The van der Waals surface area contributed by atoms with Crippen LogP contribution in [0.4, 0.5) is 4.79 Å². The van der Waals surface area contributed by atoms with Crippen molar-refractivity contribution in [2.45, 2.75) is 32.8 Å². The SMILES string of the molecule is CC(C)(C)OC(=O)N(CCCN)C(=O)/C=C/c1ccccc1. The van der Waals surface area contributed by atoms with E-state index in [1.807, 2.05) is 30.3 Å². The molecule has 5 heteroatoms. The van der Waals surface area contributed by atoms with Gasteiger partial charge in [0.1, 0.15) is 5.60 Å². The predicted molar refractivity (Wildman–Crippen MR) is 87.1 cm³/mol. The molecule has 0 unspecified atom stereocenters. The summed E-state index contributed by atoms with van der Waals surface area (Å²) in [7, 11) is 0. The molecule has 0 heterocycles. The largest absolute Gasteiger partial charge is 0.443 e. The van der Waals surface area contributed by atoms with Crippen LogP contribution in [0.15, 0.2) is 36.4 Å². The van der Waals surface area contributed by atoms with Gasteiger partial charge in [0, 0.05) is 12.6 Å². The van der Waals surface area contributed by atoms with Gasteiger partial charge in [0.05, 0.1) is 0 Å². The van der Waals surface area contributed by atoms with Gasteiger partial charge >= 0.3 is 6.09 Å². The topological polar surface area (TPSA) is 72.6 Å². The zero-order valence-electron chi connectivity index (χ0n) is 13.4. The Kier molecular flexibility index (Phi) is 6.79. The van der Waals surface area contributed by atoms with Crippen LogP contribution < -0.4 is 5.73 Å². The molecule has 22 heavy (non-hydrogen) atoms. The highest BCUT2D eigenvalue weighted by Gasteiger charge is 2.25. The molecule has 0 aromatic heterocycles. The third kappa shape index (κ3) is 6.54. The highest BCUT2D eigenvalue weighted by Crippen LogP contribution is 2.11. The lowest BCUT2D eigenvalue weighted by molar-refractivity contribution is -0.125. The van der Waals surface area contributed by atoms with Crippen LogP contribution in [0.2, 0.25) is 0 Å². The van der Waals surface area contributed by atoms with Crippen molar-refractivity contribution in [2.75, 3.05) is 13.1 Å². The predicted octanol–water partition coefficient (Wildman–Crippen LogP) is 2.81. The molecule has 0 bridgehead atoms. The molecule has 0 saturated heterocycles. The molecule has 2 amide bonds. The molecule has 0 aliphatic rings. The molecule has 0 radical (unpaired) electrons. The summed E-state index contributed by atoms with van der Waals surface area (Å²) in [5.74, 6) is -0.411. The number of hydrogen-bond acceptors (Lipinski definition) is 4. The zero-order chi connectivity index (χ0) is 16.6. The summed E-state index contributed by atoms with van der Waals surface area (Å²) in [5.41, 5.74) is 5.70. The summed E-state index contributed by atoms with van der Waals surface area (Å²) < 4.78 is 5.26. The van der Waals surface area contributed by atoms with Crippen molar-refractivity contribution < 1.29 is 14.3 Å². The van der Waals surface area contributed by atoms with E-state index in [1.165, 1.54) is 6.08 Å². The molecule has 1 rings (SSSR count). The van der Waals surface area contributed by atoms with Gasteiger partial charge in [-0.3, -0.25) is 4.79 Å². The van der Waals surface area contributed by atoms with Crippen molar-refractivity contribution in [2.24, 2.45) is 5.73 Å². The number of carbonyl (C=O) groups is 2. The molecule has 0 saturated carbocycles. The van der Waals surface area contributed by atoms with Gasteiger partial charge < -0.3 is 10.5 Å². The van der Waals surface area contributed by atoms with Crippen LogP contribution in [0.3, 0.4) is 0 Å². The molecule has 0 atom stereocenters. The molecule has 120 valence electrons. The number of carbonyl (C=O) groups excluding carboxylic acids is 2. The first-order chi connectivity index (χ1) is 10.3. The molecule has 5 nitrogen and oxygen atoms in total. The summed E-state index contributed by atoms with van der Waals surface area (Å²) in [5, 5.41) is 0. The average molecular weight is 304 g/mol. The van der Waals surface area contributed by atoms with E-state index in [0.29, 0.717) is 13.0 Å². The molecule has 2 N–H and O–H groups in total. The maximum atomic E-state index is 12.2. The Morgan fingerprint density at radius 2 is 1.86 bits per heavy atom. The smallest absolute Gasteiger partial charge is 0.417 e. The fourth-order valence-electron chi connectivity index (χ4n) is 1.68. The maximum Gasteiger partial charge on any atom is 0.417 e. The van der Waals surface area contributed by atoms with Crippen molar-refractivity contribution in [3.8, 4) is 0 Å². The van der Waals surface area contributed by atoms with Gasteiger partial charge in [0.25, 0.3) is 5.91 Å². The Labute approximate surface area is 131 Å². The van der Waals surface area contributed by atoms with Crippen LogP contribution in [-0.4, -0.2) is 35.6 Å². The van der Waals surface area contributed by atoms with Gasteiger partial charge in [0.2, 0.25) is 0 Å². The van der Waals surface area contributed by atoms with Gasteiger partial charge in [-0.05, 0) is 45.4 Å². The number of nitrogens with two attached hydrogens (primary N) is 1. The molecule has 0 aliphatic carbocycles. The van der Waals surface area contributed by atoms with E-state index in [4.69, 9.17) is 10.5 Å². The second kappa shape index (κ2) is 8.34. The minimum Gasteiger partial charge on any atom is -0.443 e. The minimum absolute atomic E-state index is 0.239. The van der Waals surface area contributed by atoms with Gasteiger partial charge in [-0.25, -0.2) is 9.69 Å². The lowest BCUT2D eigenvalue weighted by Gasteiger charge is -2.25. The summed E-state index contributed by atoms with van der Waals surface area (Å²) >= 11 is 0. The maximum absolute atomic E-state index is 12.2. The van der Waals surface area contributed by atoms with Crippen LogP contribution in [-0.2, 0) is 9.53 Å². The van der Waals surface area contributed by atoms with E-state index in [2.05, 4.69) is 0 Å². The molecule has 0 spiro atoms. The van der Waals surface area contributed by atoms with Crippen molar-refractivity contribution in [1.29, 1.82) is 0 Å². The van der Waals surface area contributed by atoms with E-state index in [9.17, 15) is 9.59 Å². The zero-order valence-corrected chi connectivity index (χ0v) is 13.4. The molecule has 1 aromatic rings. The lowest BCUT2D eigenvalue weighted by atomic mass is 10.2. The molecule has 0 aliphatic heterocycles. The first kappa shape index (κ1) is 17.9. The number of imide groups is 1. The third-order valence-corrected chi connectivity index (χ3v) is 2.68. The Morgan fingerprint density at radius 3 is 2.41 bits per heavy atom. The number of rotatable bonds is 5. The van der Waals surface area contributed by atoms with E-state index in [1.54, 1.807) is 26.8 Å². The standard InChI is InChI=1S/C17H24N2O3/c1-17(2,3)22-16(21)19(13-7-12-18)15(20)11-10-14-8-5-4-6-9-14/h4-6,8-11H,7,12-13,18H2,1-3H3/b11-10+. The van der Waals surface area contributed by atoms with Crippen molar-refractivity contribution in [1.82, 2.24) is 4.90 Å². The highest BCUT2D eigenvalue weighted by atomic mass is 16.6. The fraction of sp³-hybridized carbons (Fsp3) is 0.412. The van der Waals surface area contributed by atoms with Gasteiger partial charge in [0.15, 0.2) is 0 Å². The summed E-state index contributed by atoms with van der Waals surface area (Å²) in [6.07, 6.45) is 2.92. The number of ether oxygens (including phenoxy) is 1. The number of benzene rings is 1. The summed E-state index contributed by atoms with van der Waals surface area (Å²) in [6, 6.07) is 9.41. The van der Waals surface area contributed by atoms with Crippen LogP contribution in [0.5, 0.6) is 0 Å². The first-order valence-electron chi connectivity index (χ1n) is 7.31. The number of nitrogens with zero attached hydrogens (tertiary/aromatic N) is 1. The second-order valence-electron chi connectivity index (χ2n) is 5.86. The molecular formula is C17H24N2O3. The monoisotopic (exact) mass is 304 g/mol. The van der Waals surface area contributed by atoms with E-state index in [-0.39, 0.29) is 6.54 Å². The lowest BCUT2D eigenvalue weighted by Crippen LogP contribution is -2.41. The summed E-state index contributed by atoms with van der Waals surface area (Å²) in [6.45, 7) is 5.92. The van der Waals surface area contributed by atoms with E-state index < -0.39 is 17.6 Å². The Hall–Kier alpha value is -2.14. The molecular weight excluding hydrogens is 280 g/mol. The highest BCUT2D eigenvalue weighted by molar-refractivity contribution is 6.00. The summed E-state index contributed by atoms with van der Waals surface area (Å²) in [4.78, 5) is 25.5. The van der Waals surface area contributed by atoms with Gasteiger partial charge in [-0.1, -0.05) is 30.3 Å². The minimum atomic E-state index is -0.651. The van der Waals surface area contributed by atoms with Crippen LogP contribution in [0.1, 0.15) is 32.8 Å². The van der Waals surface area contributed by atoms with Crippen LogP contribution >= 0.6 is 0 Å². The van der Waals surface area contributed by atoms with E-state index in [0.717, 1.165) is 10.5 Å². The first-order valence-corrected chi connectivity index (χ1v) is 7.31. The van der Waals surface area contributed by atoms with Crippen molar-refractivity contribution >= 4 is 18.1 Å². The van der Waals surface area contributed by atoms with Crippen molar-refractivity contribution in [3.63, 3.8) is 0 Å². The van der Waals surface area contributed by atoms with E-state index >= 15 is 0 Å². The van der Waals surface area contributed by atoms with Crippen LogP contribution in [0.25, 0.3) is 6.08 Å². The second-order valence-corrected chi connectivity index (χ2v) is 5.86. The fourth-order valence-corrected chi connectivity index (χ4v) is 1.68.